The molecule has 0 radical (unpaired) electrons. The first-order valence-electron chi connectivity index (χ1n) is 5.80. The highest BCUT2D eigenvalue weighted by Crippen LogP contribution is 2.15. The summed E-state index contributed by atoms with van der Waals surface area (Å²) in [7, 11) is 1.82. The zero-order valence-corrected chi connectivity index (χ0v) is 10.7. The second-order valence-corrected chi connectivity index (χ2v) is 4.44. The van der Waals surface area contributed by atoms with E-state index in [4.69, 9.17) is 9.15 Å². The van der Waals surface area contributed by atoms with Gasteiger partial charge in [0.2, 0.25) is 0 Å². The van der Waals surface area contributed by atoms with E-state index in [0.29, 0.717) is 11.6 Å². The molecule has 96 valence electrons. The molecule has 5 heteroatoms. The van der Waals surface area contributed by atoms with Crippen molar-refractivity contribution in [1.29, 1.82) is 0 Å². The Hall–Kier alpha value is -2.04. The van der Waals surface area contributed by atoms with Crippen LogP contribution in [0.2, 0.25) is 0 Å². The van der Waals surface area contributed by atoms with Crippen molar-refractivity contribution < 1.29 is 13.9 Å². The van der Waals surface area contributed by atoms with Gasteiger partial charge in [-0.1, -0.05) is 13.8 Å². The van der Waals surface area contributed by atoms with Crippen molar-refractivity contribution in [3.05, 3.63) is 41.6 Å². The Kier molecular flexibility index (Phi) is 3.50. The lowest BCUT2D eigenvalue weighted by Gasteiger charge is -2.02. The van der Waals surface area contributed by atoms with Crippen LogP contribution < -0.4 is 0 Å². The normalized spacial score (nSPS) is 10.9. The van der Waals surface area contributed by atoms with Crippen LogP contribution >= 0.6 is 0 Å². The fraction of sp³-hybridized carbons (Fsp3) is 0.385. The predicted molar refractivity (Wildman–Crippen MR) is 65.1 cm³/mol. The molecule has 0 aliphatic rings. The molecular formula is C13H16N2O3. The summed E-state index contributed by atoms with van der Waals surface area (Å²) in [5.41, 5.74) is 2.17. The lowest BCUT2D eigenvalue weighted by molar-refractivity contribution is 0.0464. The number of rotatable bonds is 4. The molecule has 2 aromatic rings. The van der Waals surface area contributed by atoms with E-state index in [9.17, 15) is 4.79 Å². The molecule has 0 aliphatic carbocycles. The molecule has 5 nitrogen and oxygen atoms in total. The maximum Gasteiger partial charge on any atom is 0.359 e. The topological polar surface area (TPSA) is 57.3 Å². The van der Waals surface area contributed by atoms with Gasteiger partial charge in [0.1, 0.15) is 6.61 Å². The summed E-state index contributed by atoms with van der Waals surface area (Å²) < 4.78 is 11.7. The van der Waals surface area contributed by atoms with Gasteiger partial charge < -0.3 is 9.15 Å². The van der Waals surface area contributed by atoms with Crippen molar-refractivity contribution in [3.8, 4) is 0 Å². The molecule has 0 aliphatic heterocycles. The molecule has 0 fully saturated rings. The highest BCUT2D eigenvalue weighted by Gasteiger charge is 2.15. The third-order valence-corrected chi connectivity index (χ3v) is 2.67. The number of nitrogens with zero attached hydrogens (tertiary/aromatic N) is 2. The van der Waals surface area contributed by atoms with Gasteiger partial charge in [-0.15, -0.1) is 0 Å². The van der Waals surface area contributed by atoms with E-state index < -0.39 is 5.97 Å². The largest absolute Gasteiger partial charge is 0.472 e. The lowest BCUT2D eigenvalue weighted by Crippen LogP contribution is -2.06. The number of esters is 1. The Morgan fingerprint density at radius 2 is 2.33 bits per heavy atom. The second-order valence-electron chi connectivity index (χ2n) is 4.44. The molecule has 0 spiro atoms. The number of carbonyl (C=O) groups excluding carboxylic acids is 1. The summed E-state index contributed by atoms with van der Waals surface area (Å²) in [6.07, 6.45) is 3.09. The third-order valence-electron chi connectivity index (χ3n) is 2.67. The van der Waals surface area contributed by atoms with Crippen LogP contribution in [0.1, 0.15) is 41.5 Å². The zero-order valence-electron chi connectivity index (χ0n) is 10.7. The fourth-order valence-electron chi connectivity index (χ4n) is 1.72. The molecule has 0 saturated heterocycles. The minimum Gasteiger partial charge on any atom is -0.472 e. The van der Waals surface area contributed by atoms with E-state index in [0.717, 1.165) is 11.3 Å². The molecule has 0 amide bonds. The highest BCUT2D eigenvalue weighted by atomic mass is 16.5. The number of furan rings is 1. The smallest absolute Gasteiger partial charge is 0.359 e. The Bertz CT molecular complexity index is 526. The van der Waals surface area contributed by atoms with Gasteiger partial charge >= 0.3 is 5.97 Å². The van der Waals surface area contributed by atoms with E-state index in [1.54, 1.807) is 29.3 Å². The van der Waals surface area contributed by atoms with Crippen molar-refractivity contribution >= 4 is 5.97 Å². The first-order valence-corrected chi connectivity index (χ1v) is 5.80. The molecule has 2 aromatic heterocycles. The number of ether oxygens (including phenoxy) is 1. The fourth-order valence-corrected chi connectivity index (χ4v) is 1.72. The van der Waals surface area contributed by atoms with Gasteiger partial charge in [-0.3, -0.25) is 4.68 Å². The monoisotopic (exact) mass is 248 g/mol. The molecule has 0 atom stereocenters. The highest BCUT2D eigenvalue weighted by molar-refractivity contribution is 5.87. The lowest BCUT2D eigenvalue weighted by atomic mass is 10.1. The van der Waals surface area contributed by atoms with E-state index in [1.807, 2.05) is 7.05 Å². The number of aromatic nitrogens is 2. The number of hydrogen-bond acceptors (Lipinski definition) is 4. The van der Waals surface area contributed by atoms with Crippen molar-refractivity contribution in [3.63, 3.8) is 0 Å². The van der Waals surface area contributed by atoms with Crippen molar-refractivity contribution in [1.82, 2.24) is 9.78 Å². The van der Waals surface area contributed by atoms with Gasteiger partial charge in [0.05, 0.1) is 12.5 Å². The van der Waals surface area contributed by atoms with Crippen LogP contribution in [0.25, 0.3) is 0 Å². The predicted octanol–water partition coefficient (Wildman–Crippen LogP) is 2.49. The summed E-state index contributed by atoms with van der Waals surface area (Å²) in [4.78, 5) is 11.8. The van der Waals surface area contributed by atoms with Gasteiger partial charge in [0.25, 0.3) is 0 Å². The Balaban J connectivity index is 2.03. The summed E-state index contributed by atoms with van der Waals surface area (Å²) in [5, 5.41) is 4.15. The molecule has 0 bridgehead atoms. The summed E-state index contributed by atoms with van der Waals surface area (Å²) >= 11 is 0. The van der Waals surface area contributed by atoms with E-state index in [1.165, 1.54) is 0 Å². The number of carbonyl (C=O) groups is 1. The quantitative estimate of drug-likeness (QED) is 0.780. The van der Waals surface area contributed by atoms with Crippen LogP contribution in [0.5, 0.6) is 0 Å². The Morgan fingerprint density at radius 1 is 1.56 bits per heavy atom. The first-order chi connectivity index (χ1) is 8.58. The van der Waals surface area contributed by atoms with Crippen LogP contribution in [0, 0.1) is 0 Å². The number of hydrogen-bond donors (Lipinski definition) is 0. The van der Waals surface area contributed by atoms with E-state index >= 15 is 0 Å². The van der Waals surface area contributed by atoms with Crippen molar-refractivity contribution in [2.24, 2.45) is 7.05 Å². The molecule has 2 rings (SSSR count). The molecule has 18 heavy (non-hydrogen) atoms. The molecule has 0 N–H and O–H groups in total. The van der Waals surface area contributed by atoms with Gasteiger partial charge in [-0.2, -0.15) is 5.10 Å². The summed E-state index contributed by atoms with van der Waals surface area (Å²) in [6.45, 7) is 4.30. The molecule has 0 saturated carbocycles. The van der Waals surface area contributed by atoms with Crippen LogP contribution in [0.3, 0.4) is 0 Å². The van der Waals surface area contributed by atoms with Gasteiger partial charge in [0.15, 0.2) is 5.69 Å². The average molecular weight is 248 g/mol. The van der Waals surface area contributed by atoms with E-state index in [-0.39, 0.29) is 6.61 Å². The minimum atomic E-state index is -0.418. The van der Waals surface area contributed by atoms with Gasteiger partial charge in [-0.25, -0.2) is 4.79 Å². The van der Waals surface area contributed by atoms with Crippen molar-refractivity contribution in [2.75, 3.05) is 0 Å². The minimum absolute atomic E-state index is 0.197. The van der Waals surface area contributed by atoms with Gasteiger partial charge in [0, 0.05) is 18.3 Å². The molecule has 0 aromatic carbocycles. The maximum atomic E-state index is 11.8. The summed E-state index contributed by atoms with van der Waals surface area (Å²) in [5.74, 6) is -0.100. The number of aryl methyl sites for hydroxylation is 1. The molecule has 2 heterocycles. The van der Waals surface area contributed by atoms with Gasteiger partial charge in [-0.05, 0) is 18.1 Å². The molecular weight excluding hydrogens is 232 g/mol. The zero-order chi connectivity index (χ0) is 13.1. The second kappa shape index (κ2) is 5.08. The maximum absolute atomic E-state index is 11.8. The third kappa shape index (κ3) is 2.61. The van der Waals surface area contributed by atoms with Crippen LogP contribution in [0.15, 0.2) is 29.1 Å². The van der Waals surface area contributed by atoms with E-state index in [2.05, 4.69) is 18.9 Å². The average Bonchev–Trinajstić information content (AvgIpc) is 2.94. The van der Waals surface area contributed by atoms with Crippen LogP contribution in [0.4, 0.5) is 0 Å². The molecule has 0 unspecified atom stereocenters. The van der Waals surface area contributed by atoms with Crippen LogP contribution in [-0.2, 0) is 18.4 Å². The Morgan fingerprint density at radius 3 is 2.89 bits per heavy atom. The van der Waals surface area contributed by atoms with Crippen LogP contribution in [-0.4, -0.2) is 15.7 Å². The van der Waals surface area contributed by atoms with Crippen molar-refractivity contribution in [2.45, 2.75) is 26.4 Å². The standard InChI is InChI=1S/C13H16N2O3/c1-9(2)12-6-11(14-15(12)3)13(16)18-8-10-4-5-17-7-10/h4-7,9H,8H2,1-3H3. The first kappa shape index (κ1) is 12.4. The summed E-state index contributed by atoms with van der Waals surface area (Å²) in [6, 6.07) is 3.52. The SMILES string of the molecule is CC(C)c1cc(C(=O)OCc2ccoc2)nn1C. The Labute approximate surface area is 105 Å².